The van der Waals surface area contributed by atoms with E-state index in [0.29, 0.717) is 12.0 Å². The summed E-state index contributed by atoms with van der Waals surface area (Å²) in [5.74, 6) is -1.40. The molecule has 1 aromatic carbocycles. The lowest BCUT2D eigenvalue weighted by Gasteiger charge is -2.11. The van der Waals surface area contributed by atoms with E-state index in [0.717, 1.165) is 11.1 Å². The lowest BCUT2D eigenvalue weighted by Crippen LogP contribution is -2.17. The highest BCUT2D eigenvalue weighted by atomic mass is 32.2. The van der Waals surface area contributed by atoms with Crippen LogP contribution in [0.5, 0.6) is 0 Å². The van der Waals surface area contributed by atoms with Crippen molar-refractivity contribution in [3.63, 3.8) is 0 Å². The standard InChI is InChI=1S/C12H18O5S2/c1-4-11-8-12(10(3)7-9(11)2)18(13,14)5-6-19(15,16)17/h7-8H,4-6H2,1-3H3,(H,15,16,17). The summed E-state index contributed by atoms with van der Waals surface area (Å²) >= 11 is 0. The molecule has 19 heavy (non-hydrogen) atoms. The molecule has 0 amide bonds. The highest BCUT2D eigenvalue weighted by molar-refractivity contribution is 7.93. The fourth-order valence-corrected chi connectivity index (χ4v) is 4.73. The van der Waals surface area contributed by atoms with Gasteiger partial charge in [0.25, 0.3) is 10.1 Å². The minimum atomic E-state index is -4.28. The van der Waals surface area contributed by atoms with E-state index in [9.17, 15) is 16.8 Å². The Labute approximate surface area is 114 Å². The molecule has 0 aliphatic carbocycles. The zero-order valence-corrected chi connectivity index (χ0v) is 12.8. The fraction of sp³-hybridized carbons (Fsp3) is 0.500. The molecule has 108 valence electrons. The molecule has 0 spiro atoms. The van der Waals surface area contributed by atoms with Crippen LogP contribution in [0.1, 0.15) is 23.6 Å². The summed E-state index contributed by atoms with van der Waals surface area (Å²) in [6, 6.07) is 3.36. The second kappa shape index (κ2) is 5.60. The first kappa shape index (κ1) is 16.1. The van der Waals surface area contributed by atoms with Crippen LogP contribution in [-0.4, -0.2) is 32.9 Å². The van der Waals surface area contributed by atoms with Gasteiger partial charge in [-0.25, -0.2) is 8.42 Å². The van der Waals surface area contributed by atoms with E-state index < -0.39 is 31.5 Å². The van der Waals surface area contributed by atoms with E-state index in [4.69, 9.17) is 4.55 Å². The van der Waals surface area contributed by atoms with Gasteiger partial charge >= 0.3 is 0 Å². The first-order chi connectivity index (χ1) is 8.57. The molecule has 0 aliphatic heterocycles. The maximum absolute atomic E-state index is 12.1. The second-order valence-corrected chi connectivity index (χ2v) is 8.15. The van der Waals surface area contributed by atoms with Gasteiger partial charge in [-0.1, -0.05) is 13.0 Å². The third-order valence-corrected chi connectivity index (χ3v) is 5.79. The average molecular weight is 306 g/mol. The Morgan fingerprint density at radius 1 is 1.00 bits per heavy atom. The largest absolute Gasteiger partial charge is 0.286 e. The van der Waals surface area contributed by atoms with Crippen molar-refractivity contribution in [1.29, 1.82) is 0 Å². The number of sulfone groups is 1. The highest BCUT2D eigenvalue weighted by Crippen LogP contribution is 2.22. The Hall–Kier alpha value is -0.920. The monoisotopic (exact) mass is 306 g/mol. The van der Waals surface area contributed by atoms with E-state index in [1.807, 2.05) is 13.8 Å². The van der Waals surface area contributed by atoms with Crippen LogP contribution >= 0.6 is 0 Å². The number of rotatable bonds is 5. The molecular formula is C12H18O5S2. The Morgan fingerprint density at radius 3 is 2.05 bits per heavy atom. The zero-order valence-electron chi connectivity index (χ0n) is 11.2. The summed E-state index contributed by atoms with van der Waals surface area (Å²) in [6.45, 7) is 5.50. The number of aryl methyl sites for hydroxylation is 3. The lowest BCUT2D eigenvalue weighted by atomic mass is 10.0. The third-order valence-electron chi connectivity index (χ3n) is 2.96. The minimum Gasteiger partial charge on any atom is -0.286 e. The second-order valence-electron chi connectivity index (χ2n) is 4.50. The Bertz CT molecular complexity index is 672. The van der Waals surface area contributed by atoms with Crippen molar-refractivity contribution in [3.05, 3.63) is 28.8 Å². The van der Waals surface area contributed by atoms with Crippen molar-refractivity contribution >= 4 is 20.0 Å². The van der Waals surface area contributed by atoms with Crippen LogP contribution in [0.2, 0.25) is 0 Å². The number of hydrogen-bond acceptors (Lipinski definition) is 4. The summed E-state index contributed by atoms with van der Waals surface area (Å²) in [6.07, 6.45) is 0.701. The predicted molar refractivity (Wildman–Crippen MR) is 73.8 cm³/mol. The number of benzene rings is 1. The molecule has 0 radical (unpaired) electrons. The summed E-state index contributed by atoms with van der Waals surface area (Å²) in [5.41, 5.74) is 2.51. The smallest absolute Gasteiger partial charge is 0.265 e. The highest BCUT2D eigenvalue weighted by Gasteiger charge is 2.21. The van der Waals surface area contributed by atoms with Crippen molar-refractivity contribution in [2.45, 2.75) is 32.1 Å². The quantitative estimate of drug-likeness (QED) is 0.833. The topological polar surface area (TPSA) is 88.5 Å². The van der Waals surface area contributed by atoms with Gasteiger partial charge in [-0.05, 0) is 43.0 Å². The molecule has 5 nitrogen and oxygen atoms in total. The molecule has 0 aliphatic rings. The molecule has 0 unspecified atom stereocenters. The van der Waals surface area contributed by atoms with Crippen LogP contribution in [0.25, 0.3) is 0 Å². The van der Waals surface area contributed by atoms with Gasteiger partial charge in [0, 0.05) is 0 Å². The SMILES string of the molecule is CCc1cc(S(=O)(=O)CCS(=O)(=O)O)c(C)cc1C. The van der Waals surface area contributed by atoms with Crippen LogP contribution in [-0.2, 0) is 26.4 Å². The summed E-state index contributed by atoms with van der Waals surface area (Å²) < 4.78 is 54.2. The molecule has 0 fully saturated rings. The van der Waals surface area contributed by atoms with Gasteiger partial charge in [-0.2, -0.15) is 8.42 Å². The van der Waals surface area contributed by atoms with Gasteiger partial charge in [0.1, 0.15) is 0 Å². The molecular weight excluding hydrogens is 288 g/mol. The van der Waals surface area contributed by atoms with Crippen LogP contribution in [0.15, 0.2) is 17.0 Å². The van der Waals surface area contributed by atoms with Crippen molar-refractivity contribution in [1.82, 2.24) is 0 Å². The molecule has 0 saturated carbocycles. The Balaban J connectivity index is 3.22. The molecule has 0 bridgehead atoms. The minimum absolute atomic E-state index is 0.138. The lowest BCUT2D eigenvalue weighted by molar-refractivity contribution is 0.484. The molecule has 1 N–H and O–H groups in total. The molecule has 0 heterocycles. The molecule has 0 saturated heterocycles. The van der Waals surface area contributed by atoms with E-state index in [1.165, 1.54) is 0 Å². The summed E-state index contributed by atoms with van der Waals surface area (Å²) in [7, 11) is -7.99. The van der Waals surface area contributed by atoms with E-state index >= 15 is 0 Å². The van der Waals surface area contributed by atoms with Gasteiger partial charge in [0.15, 0.2) is 9.84 Å². The van der Waals surface area contributed by atoms with Crippen molar-refractivity contribution in [2.24, 2.45) is 0 Å². The number of hydrogen-bond donors (Lipinski definition) is 1. The third kappa shape index (κ3) is 4.29. The van der Waals surface area contributed by atoms with Gasteiger partial charge in [-0.15, -0.1) is 0 Å². The molecule has 7 heteroatoms. The first-order valence-electron chi connectivity index (χ1n) is 5.85. The zero-order chi connectivity index (χ0) is 14.8. The van der Waals surface area contributed by atoms with Crippen LogP contribution in [0.3, 0.4) is 0 Å². The average Bonchev–Trinajstić information content (AvgIpc) is 2.25. The Morgan fingerprint density at radius 2 is 1.58 bits per heavy atom. The van der Waals surface area contributed by atoms with Crippen LogP contribution in [0.4, 0.5) is 0 Å². The van der Waals surface area contributed by atoms with Gasteiger partial charge < -0.3 is 0 Å². The van der Waals surface area contributed by atoms with Gasteiger partial charge in [-0.3, -0.25) is 4.55 Å². The van der Waals surface area contributed by atoms with Crippen LogP contribution < -0.4 is 0 Å². The van der Waals surface area contributed by atoms with Crippen LogP contribution in [0, 0.1) is 13.8 Å². The van der Waals surface area contributed by atoms with E-state index in [1.54, 1.807) is 19.1 Å². The maximum atomic E-state index is 12.1. The molecule has 0 atom stereocenters. The van der Waals surface area contributed by atoms with E-state index in [2.05, 4.69) is 0 Å². The molecule has 1 aromatic rings. The normalized spacial score (nSPS) is 12.6. The van der Waals surface area contributed by atoms with Crippen molar-refractivity contribution in [2.75, 3.05) is 11.5 Å². The maximum Gasteiger partial charge on any atom is 0.265 e. The first-order valence-corrected chi connectivity index (χ1v) is 9.11. The van der Waals surface area contributed by atoms with Crippen molar-refractivity contribution in [3.8, 4) is 0 Å². The molecule has 1 rings (SSSR count). The van der Waals surface area contributed by atoms with Gasteiger partial charge in [0.2, 0.25) is 0 Å². The predicted octanol–water partition coefficient (Wildman–Crippen LogP) is 1.53. The van der Waals surface area contributed by atoms with Crippen molar-refractivity contribution < 1.29 is 21.4 Å². The summed E-state index contributed by atoms with van der Waals surface area (Å²) in [5, 5.41) is 0. The Kier molecular flexibility index (Phi) is 4.76. The van der Waals surface area contributed by atoms with Gasteiger partial charge in [0.05, 0.1) is 16.4 Å². The van der Waals surface area contributed by atoms with E-state index in [-0.39, 0.29) is 4.90 Å². The molecule has 0 aromatic heterocycles. The fourth-order valence-electron chi connectivity index (χ4n) is 1.92. The summed E-state index contributed by atoms with van der Waals surface area (Å²) in [4.78, 5) is 0.138.